The van der Waals surface area contributed by atoms with Crippen molar-refractivity contribution in [1.82, 2.24) is 0 Å². The summed E-state index contributed by atoms with van der Waals surface area (Å²) in [6, 6.07) is 3.01. The van der Waals surface area contributed by atoms with Crippen LogP contribution in [0.1, 0.15) is 40.1 Å². The number of aliphatic hydroxyl groups is 1. The Kier molecular flexibility index (Phi) is 5.32. The number of nitrogens with two attached hydrogens (primary N) is 1. The number of primary amides is 1. The van der Waals surface area contributed by atoms with Crippen LogP contribution >= 0.6 is 11.6 Å². The molecule has 19 heavy (non-hydrogen) atoms. The molecule has 0 aliphatic rings. The molecular weight excluding hydrogens is 270 g/mol. The summed E-state index contributed by atoms with van der Waals surface area (Å²) in [5.41, 5.74) is 5.92. The van der Waals surface area contributed by atoms with Crippen LogP contribution in [-0.4, -0.2) is 29.7 Å². The van der Waals surface area contributed by atoms with E-state index in [1.165, 1.54) is 6.07 Å². The van der Waals surface area contributed by atoms with E-state index in [2.05, 4.69) is 0 Å². The summed E-state index contributed by atoms with van der Waals surface area (Å²) in [4.78, 5) is 23.1. The average Bonchev–Trinajstić information content (AvgIpc) is 2.27. The predicted octanol–water partition coefficient (Wildman–Crippen LogP) is 1.54. The van der Waals surface area contributed by atoms with E-state index in [0.717, 1.165) is 0 Å². The third kappa shape index (κ3) is 3.68. The molecule has 0 radical (unpaired) electrons. The van der Waals surface area contributed by atoms with E-state index in [1.807, 2.05) is 0 Å². The first kappa shape index (κ1) is 15.5. The summed E-state index contributed by atoms with van der Waals surface area (Å²) < 4.78 is 4.84. The molecule has 1 unspecified atom stereocenters. The van der Waals surface area contributed by atoms with Crippen molar-refractivity contribution in [3.8, 4) is 0 Å². The number of hydrogen-bond donors (Lipinski definition) is 2. The number of ether oxygens (including phenoxy) is 1. The van der Waals surface area contributed by atoms with E-state index < -0.39 is 18.0 Å². The van der Waals surface area contributed by atoms with Gasteiger partial charge in [0.2, 0.25) is 0 Å². The molecule has 0 aromatic heterocycles. The molecule has 0 bridgehead atoms. The summed E-state index contributed by atoms with van der Waals surface area (Å²) in [5.74, 6) is -1.36. The first-order valence-corrected chi connectivity index (χ1v) is 6.22. The van der Waals surface area contributed by atoms with Gasteiger partial charge in [-0.1, -0.05) is 17.7 Å². The highest BCUT2D eigenvalue weighted by molar-refractivity contribution is 6.36. The molecule has 0 aliphatic heterocycles. The van der Waals surface area contributed by atoms with Gasteiger partial charge in [0.1, 0.15) is 0 Å². The molecule has 104 valence electrons. The minimum Gasteiger partial charge on any atom is -0.462 e. The number of benzene rings is 1. The molecule has 1 aromatic rings. The highest BCUT2D eigenvalue weighted by Gasteiger charge is 2.21. The zero-order valence-corrected chi connectivity index (χ0v) is 11.5. The maximum Gasteiger partial charge on any atom is 0.339 e. The Labute approximate surface area is 116 Å². The molecule has 3 N–H and O–H groups in total. The van der Waals surface area contributed by atoms with Gasteiger partial charge in [-0.25, -0.2) is 4.79 Å². The van der Waals surface area contributed by atoms with Crippen LogP contribution in [0.15, 0.2) is 12.1 Å². The minimum atomic E-state index is -0.744. The van der Waals surface area contributed by atoms with E-state index in [-0.39, 0.29) is 29.2 Å². The normalized spacial score (nSPS) is 12.0. The van der Waals surface area contributed by atoms with Crippen molar-refractivity contribution < 1.29 is 19.4 Å². The number of hydrogen-bond acceptors (Lipinski definition) is 4. The van der Waals surface area contributed by atoms with Crippen LogP contribution in [0.5, 0.6) is 0 Å². The van der Waals surface area contributed by atoms with Crippen molar-refractivity contribution in [1.29, 1.82) is 0 Å². The van der Waals surface area contributed by atoms with E-state index in [1.54, 1.807) is 19.9 Å². The van der Waals surface area contributed by atoms with Crippen molar-refractivity contribution in [2.75, 3.05) is 6.61 Å². The molecule has 1 amide bonds. The van der Waals surface area contributed by atoms with Gasteiger partial charge in [0.25, 0.3) is 5.91 Å². The maximum atomic E-state index is 11.7. The van der Waals surface area contributed by atoms with Gasteiger partial charge in [-0.3, -0.25) is 4.79 Å². The Bertz CT molecular complexity index is 500. The molecule has 0 fully saturated rings. The zero-order chi connectivity index (χ0) is 14.6. The predicted molar refractivity (Wildman–Crippen MR) is 71.3 cm³/mol. The summed E-state index contributed by atoms with van der Waals surface area (Å²) in [7, 11) is 0. The Morgan fingerprint density at radius 3 is 2.58 bits per heavy atom. The fourth-order valence-electron chi connectivity index (χ4n) is 1.74. The quantitative estimate of drug-likeness (QED) is 0.803. The average molecular weight is 286 g/mol. The third-order valence-corrected chi connectivity index (χ3v) is 2.88. The number of rotatable bonds is 5. The van der Waals surface area contributed by atoms with Crippen molar-refractivity contribution >= 4 is 23.5 Å². The largest absolute Gasteiger partial charge is 0.462 e. The first-order chi connectivity index (χ1) is 8.88. The Morgan fingerprint density at radius 2 is 2.11 bits per heavy atom. The van der Waals surface area contributed by atoms with Gasteiger partial charge in [-0.15, -0.1) is 0 Å². The lowest BCUT2D eigenvalue weighted by Crippen LogP contribution is -2.19. The highest BCUT2D eigenvalue weighted by Crippen LogP contribution is 2.26. The number of amides is 1. The standard InChI is InChI=1S/C13H16ClNO4/c1-3-19-13(18)9-5-4-8(6-7(2)16)10(11(9)14)12(15)17/h4-5,7,16H,3,6H2,1-2H3,(H2,15,17). The summed E-state index contributed by atoms with van der Waals surface area (Å²) in [5, 5.41) is 9.34. The van der Waals surface area contributed by atoms with E-state index >= 15 is 0 Å². The van der Waals surface area contributed by atoms with Crippen LogP contribution in [0.25, 0.3) is 0 Å². The van der Waals surface area contributed by atoms with Crippen LogP contribution in [0.4, 0.5) is 0 Å². The molecule has 0 spiro atoms. The summed E-state index contributed by atoms with van der Waals surface area (Å²) in [6.45, 7) is 3.46. The number of carbonyl (C=O) groups is 2. The second-order valence-electron chi connectivity index (χ2n) is 4.10. The van der Waals surface area contributed by atoms with Crippen LogP contribution in [-0.2, 0) is 11.2 Å². The summed E-state index contributed by atoms with van der Waals surface area (Å²) in [6.07, 6.45) is -0.427. The fraction of sp³-hybridized carbons (Fsp3) is 0.385. The number of aliphatic hydroxyl groups excluding tert-OH is 1. The van der Waals surface area contributed by atoms with Crippen LogP contribution in [0.2, 0.25) is 5.02 Å². The molecule has 0 heterocycles. The Balaban J connectivity index is 3.30. The van der Waals surface area contributed by atoms with E-state index in [0.29, 0.717) is 5.56 Å². The van der Waals surface area contributed by atoms with Crippen molar-refractivity contribution in [2.24, 2.45) is 5.73 Å². The van der Waals surface area contributed by atoms with E-state index in [4.69, 9.17) is 22.1 Å². The molecule has 1 rings (SSSR count). The van der Waals surface area contributed by atoms with Crippen molar-refractivity contribution in [3.63, 3.8) is 0 Å². The van der Waals surface area contributed by atoms with Crippen LogP contribution < -0.4 is 5.73 Å². The fourth-order valence-corrected chi connectivity index (χ4v) is 2.09. The van der Waals surface area contributed by atoms with Gasteiger partial charge in [0.15, 0.2) is 0 Å². The SMILES string of the molecule is CCOC(=O)c1ccc(CC(C)O)c(C(N)=O)c1Cl. The van der Waals surface area contributed by atoms with E-state index in [9.17, 15) is 14.7 Å². The van der Waals surface area contributed by atoms with Gasteiger partial charge in [-0.2, -0.15) is 0 Å². The second kappa shape index (κ2) is 6.54. The number of halogens is 1. The molecule has 1 aromatic carbocycles. The van der Waals surface area contributed by atoms with Crippen molar-refractivity contribution in [3.05, 3.63) is 33.8 Å². The molecule has 1 atom stereocenters. The molecule has 0 saturated heterocycles. The lowest BCUT2D eigenvalue weighted by atomic mass is 9.98. The van der Waals surface area contributed by atoms with Gasteiger partial charge >= 0.3 is 5.97 Å². The highest BCUT2D eigenvalue weighted by atomic mass is 35.5. The first-order valence-electron chi connectivity index (χ1n) is 5.84. The van der Waals surface area contributed by atoms with Gasteiger partial charge in [0.05, 0.1) is 28.9 Å². The van der Waals surface area contributed by atoms with Gasteiger partial charge in [-0.05, 0) is 31.9 Å². The Hall–Kier alpha value is -1.59. The lowest BCUT2D eigenvalue weighted by molar-refractivity contribution is 0.0526. The van der Waals surface area contributed by atoms with Gasteiger partial charge in [0, 0.05) is 0 Å². The van der Waals surface area contributed by atoms with Crippen LogP contribution in [0.3, 0.4) is 0 Å². The molecule has 0 saturated carbocycles. The molecule has 0 aliphatic carbocycles. The number of carbonyl (C=O) groups excluding carboxylic acids is 2. The smallest absolute Gasteiger partial charge is 0.339 e. The topological polar surface area (TPSA) is 89.6 Å². The molecule has 5 nitrogen and oxygen atoms in total. The molecular formula is C13H16ClNO4. The summed E-state index contributed by atoms with van der Waals surface area (Å²) >= 11 is 6.04. The van der Waals surface area contributed by atoms with Crippen molar-refractivity contribution in [2.45, 2.75) is 26.4 Å². The molecule has 6 heteroatoms. The third-order valence-electron chi connectivity index (χ3n) is 2.49. The second-order valence-corrected chi connectivity index (χ2v) is 4.48. The van der Waals surface area contributed by atoms with Crippen LogP contribution in [0, 0.1) is 0 Å². The van der Waals surface area contributed by atoms with Gasteiger partial charge < -0.3 is 15.6 Å². The number of esters is 1. The minimum absolute atomic E-state index is 0.0379. The zero-order valence-electron chi connectivity index (χ0n) is 10.8. The Morgan fingerprint density at radius 1 is 1.47 bits per heavy atom. The monoisotopic (exact) mass is 285 g/mol. The lowest BCUT2D eigenvalue weighted by Gasteiger charge is -2.13. The maximum absolute atomic E-state index is 11.7.